The average molecular weight is 468 g/mol. The lowest BCUT2D eigenvalue weighted by molar-refractivity contribution is -0.192. The van der Waals surface area contributed by atoms with Crippen LogP contribution in [0.4, 0.5) is 13.2 Å². The third-order valence-corrected chi connectivity index (χ3v) is 6.39. The molecule has 12 heteroatoms. The summed E-state index contributed by atoms with van der Waals surface area (Å²) in [5.41, 5.74) is 2.11. The van der Waals surface area contributed by atoms with E-state index in [-0.39, 0.29) is 18.2 Å². The highest BCUT2D eigenvalue weighted by molar-refractivity contribution is 7.89. The number of carboxylic acids is 1. The lowest BCUT2D eigenvalue weighted by Gasteiger charge is -2.28. The summed E-state index contributed by atoms with van der Waals surface area (Å²) >= 11 is 0. The number of amides is 1. The van der Waals surface area contributed by atoms with Gasteiger partial charge in [-0.3, -0.25) is 4.79 Å². The summed E-state index contributed by atoms with van der Waals surface area (Å²) in [6.45, 7) is 7.02. The van der Waals surface area contributed by atoms with E-state index in [2.05, 4.69) is 5.32 Å². The number of aliphatic carboxylic acids is 1. The molecule has 1 fully saturated rings. The van der Waals surface area contributed by atoms with Gasteiger partial charge in [0.15, 0.2) is 0 Å². The van der Waals surface area contributed by atoms with Crippen LogP contribution in [0.1, 0.15) is 18.1 Å². The van der Waals surface area contributed by atoms with Crippen LogP contribution in [0.25, 0.3) is 0 Å². The number of alkyl halides is 3. The van der Waals surface area contributed by atoms with Crippen molar-refractivity contribution in [2.75, 3.05) is 45.0 Å². The van der Waals surface area contributed by atoms with Crippen LogP contribution in [0.5, 0.6) is 0 Å². The van der Waals surface area contributed by atoms with Gasteiger partial charge in [0.05, 0.1) is 12.2 Å². The predicted molar refractivity (Wildman–Crippen MR) is 109 cm³/mol. The zero-order chi connectivity index (χ0) is 23.7. The molecule has 0 bridgehead atoms. The Morgan fingerprint density at radius 3 is 2.13 bits per heavy atom. The molecule has 1 aliphatic rings. The minimum Gasteiger partial charge on any atom is -0.475 e. The van der Waals surface area contributed by atoms with Crippen molar-refractivity contribution in [2.45, 2.75) is 26.4 Å². The first kappa shape index (κ1) is 26.9. The molecular weight excluding hydrogens is 439 g/mol. The van der Waals surface area contributed by atoms with Gasteiger partial charge < -0.3 is 15.3 Å². The van der Waals surface area contributed by atoms with Crippen molar-refractivity contribution >= 4 is 21.9 Å². The van der Waals surface area contributed by atoms with Crippen molar-refractivity contribution in [2.24, 2.45) is 0 Å². The fraction of sp³-hybridized carbons (Fsp3) is 0.579. The van der Waals surface area contributed by atoms with Gasteiger partial charge in [0.1, 0.15) is 0 Å². The van der Waals surface area contributed by atoms with Crippen LogP contribution in [0, 0.1) is 6.92 Å². The molecule has 0 radical (unpaired) electrons. The third-order valence-electron chi connectivity index (χ3n) is 4.54. The molecule has 0 atom stereocenters. The molecule has 176 valence electrons. The second-order valence-electron chi connectivity index (χ2n) is 6.90. The molecule has 1 aromatic rings. The Morgan fingerprint density at radius 1 is 1.16 bits per heavy atom. The summed E-state index contributed by atoms with van der Waals surface area (Å²) < 4.78 is 58.0. The number of halogens is 3. The van der Waals surface area contributed by atoms with E-state index in [4.69, 9.17) is 9.90 Å². The quantitative estimate of drug-likeness (QED) is 0.625. The van der Waals surface area contributed by atoms with E-state index in [0.717, 1.165) is 11.1 Å². The van der Waals surface area contributed by atoms with E-state index in [0.29, 0.717) is 39.1 Å². The second kappa shape index (κ2) is 12.0. The number of carbonyl (C=O) groups is 2. The van der Waals surface area contributed by atoms with E-state index in [1.165, 1.54) is 4.31 Å². The van der Waals surface area contributed by atoms with E-state index >= 15 is 0 Å². The lowest BCUT2D eigenvalue weighted by Crippen LogP contribution is -2.48. The third kappa shape index (κ3) is 9.66. The molecule has 2 rings (SSSR count). The number of hydrogen-bond donors (Lipinski definition) is 2. The highest BCUT2D eigenvalue weighted by Crippen LogP contribution is 2.13. The Hall–Kier alpha value is -2.18. The van der Waals surface area contributed by atoms with Crippen LogP contribution in [-0.4, -0.2) is 85.8 Å². The maximum Gasteiger partial charge on any atom is 0.490 e. The number of piperazine rings is 1. The van der Waals surface area contributed by atoms with E-state index in [9.17, 15) is 26.4 Å². The molecule has 1 aromatic carbocycles. The molecule has 0 aliphatic carbocycles. The molecule has 1 saturated heterocycles. The van der Waals surface area contributed by atoms with Gasteiger partial charge in [0, 0.05) is 39.3 Å². The molecular formula is C19H28F3N3O5S. The largest absolute Gasteiger partial charge is 0.490 e. The molecule has 8 nitrogen and oxygen atoms in total. The van der Waals surface area contributed by atoms with Crippen LogP contribution >= 0.6 is 0 Å². The number of aryl methyl sites for hydroxylation is 1. The summed E-state index contributed by atoms with van der Waals surface area (Å²) in [6.07, 6.45) is -4.78. The van der Waals surface area contributed by atoms with Gasteiger partial charge in [-0.15, -0.1) is 0 Å². The second-order valence-corrected chi connectivity index (χ2v) is 8.99. The molecule has 1 heterocycles. The Balaban J connectivity index is 0.000000592. The highest BCUT2D eigenvalue weighted by atomic mass is 32.2. The number of nitrogens with zero attached hydrogens (tertiary/aromatic N) is 2. The SMILES string of the molecule is CCN(CCS(=O)(=O)N1CCNCC1)C(=O)Cc1ccc(C)cc1.O=C(O)C(F)(F)F. The first-order chi connectivity index (χ1) is 14.4. The molecule has 0 saturated carbocycles. The fourth-order valence-corrected chi connectivity index (χ4v) is 4.18. The number of likely N-dealkylation sites (N-methyl/N-ethyl adjacent to an activating group) is 1. The van der Waals surface area contributed by atoms with Crippen LogP contribution < -0.4 is 5.32 Å². The number of benzene rings is 1. The van der Waals surface area contributed by atoms with E-state index in [1.807, 2.05) is 38.1 Å². The van der Waals surface area contributed by atoms with Crippen molar-refractivity contribution in [1.82, 2.24) is 14.5 Å². The maximum atomic E-state index is 12.4. The summed E-state index contributed by atoms with van der Waals surface area (Å²) in [5.74, 6) is -2.80. The Labute approximate surface area is 180 Å². The first-order valence-corrected chi connectivity index (χ1v) is 11.3. The average Bonchev–Trinajstić information content (AvgIpc) is 2.70. The minimum atomic E-state index is -5.08. The number of carbonyl (C=O) groups excluding carboxylic acids is 1. The monoisotopic (exact) mass is 467 g/mol. The van der Waals surface area contributed by atoms with E-state index < -0.39 is 22.2 Å². The Morgan fingerprint density at radius 2 is 1.68 bits per heavy atom. The van der Waals surface area contributed by atoms with E-state index in [1.54, 1.807) is 4.90 Å². The summed E-state index contributed by atoms with van der Waals surface area (Å²) in [7, 11) is -3.30. The smallest absolute Gasteiger partial charge is 0.475 e. The summed E-state index contributed by atoms with van der Waals surface area (Å²) in [6, 6.07) is 7.85. The molecule has 2 N–H and O–H groups in total. The maximum absolute atomic E-state index is 12.4. The van der Waals surface area contributed by atoms with Gasteiger partial charge in [-0.1, -0.05) is 29.8 Å². The molecule has 1 amide bonds. The molecule has 1 aliphatic heterocycles. The highest BCUT2D eigenvalue weighted by Gasteiger charge is 2.38. The van der Waals surface area contributed by atoms with Crippen LogP contribution in [-0.2, 0) is 26.0 Å². The zero-order valence-electron chi connectivity index (χ0n) is 17.5. The molecule has 0 spiro atoms. The topological polar surface area (TPSA) is 107 Å². The van der Waals surface area contributed by atoms with Gasteiger partial charge in [0.25, 0.3) is 0 Å². The van der Waals surface area contributed by atoms with Crippen molar-refractivity contribution in [3.8, 4) is 0 Å². The predicted octanol–water partition coefficient (Wildman–Crippen LogP) is 1.25. The Bertz CT molecular complexity index is 823. The fourth-order valence-electron chi connectivity index (χ4n) is 2.73. The zero-order valence-corrected chi connectivity index (χ0v) is 18.3. The van der Waals surface area contributed by atoms with Gasteiger partial charge in [-0.2, -0.15) is 17.5 Å². The summed E-state index contributed by atoms with van der Waals surface area (Å²) in [4.78, 5) is 22.9. The van der Waals surface area contributed by atoms with Crippen molar-refractivity contribution in [3.05, 3.63) is 35.4 Å². The number of nitrogens with one attached hydrogen (secondary N) is 1. The van der Waals surface area contributed by atoms with Gasteiger partial charge in [0.2, 0.25) is 15.9 Å². The van der Waals surface area contributed by atoms with Crippen LogP contribution in [0.15, 0.2) is 24.3 Å². The van der Waals surface area contributed by atoms with Crippen LogP contribution in [0.2, 0.25) is 0 Å². The number of hydrogen-bond acceptors (Lipinski definition) is 5. The van der Waals surface area contributed by atoms with Crippen LogP contribution in [0.3, 0.4) is 0 Å². The number of rotatable bonds is 7. The van der Waals surface area contributed by atoms with Crippen molar-refractivity contribution in [3.63, 3.8) is 0 Å². The lowest BCUT2D eigenvalue weighted by atomic mass is 10.1. The van der Waals surface area contributed by atoms with Gasteiger partial charge >= 0.3 is 12.1 Å². The summed E-state index contributed by atoms with van der Waals surface area (Å²) in [5, 5.41) is 10.3. The van der Waals surface area contributed by atoms with Crippen molar-refractivity contribution < 1.29 is 36.3 Å². The molecule has 0 unspecified atom stereocenters. The molecule has 31 heavy (non-hydrogen) atoms. The first-order valence-electron chi connectivity index (χ1n) is 9.68. The number of sulfonamides is 1. The van der Waals surface area contributed by atoms with Gasteiger partial charge in [-0.05, 0) is 19.4 Å². The normalized spacial score (nSPS) is 15.0. The minimum absolute atomic E-state index is 0.0134. The standard InChI is InChI=1S/C17H27N3O3S.C2HF3O2/c1-3-19(17(21)14-16-6-4-15(2)5-7-16)12-13-24(22,23)20-10-8-18-9-11-20;3-2(4,5)1(6)7/h4-7,18H,3,8-14H2,1-2H3;(H,6,7). The number of carboxylic acid groups (broad SMARTS) is 1. The van der Waals surface area contributed by atoms with Gasteiger partial charge in [-0.25, -0.2) is 13.2 Å². The Kier molecular flexibility index (Phi) is 10.4. The van der Waals surface area contributed by atoms with Crippen molar-refractivity contribution in [1.29, 1.82) is 0 Å². The molecule has 0 aromatic heterocycles.